The van der Waals surface area contributed by atoms with Crippen LogP contribution in [0.3, 0.4) is 0 Å². The van der Waals surface area contributed by atoms with Gasteiger partial charge in [-0.3, -0.25) is 4.79 Å². The molecule has 72 valence electrons. The van der Waals surface area contributed by atoms with Crippen LogP contribution >= 0.6 is 0 Å². The quantitative estimate of drug-likeness (QED) is 0.670. The van der Waals surface area contributed by atoms with Crippen molar-refractivity contribution < 1.29 is 9.90 Å². The molecule has 3 heteroatoms. The summed E-state index contributed by atoms with van der Waals surface area (Å²) in [6, 6.07) is 0. The number of rotatable bonds is 5. The third-order valence-electron chi connectivity index (χ3n) is 2.14. The summed E-state index contributed by atoms with van der Waals surface area (Å²) in [4.78, 5) is 13.3. The highest BCUT2D eigenvalue weighted by molar-refractivity contribution is 5.78. The van der Waals surface area contributed by atoms with Crippen LogP contribution in [0.4, 0.5) is 0 Å². The van der Waals surface area contributed by atoms with Crippen molar-refractivity contribution in [3.05, 3.63) is 0 Å². The van der Waals surface area contributed by atoms with Crippen molar-refractivity contribution in [2.75, 3.05) is 19.7 Å². The first-order valence-electron chi connectivity index (χ1n) is 4.60. The molecule has 1 N–H and O–H groups in total. The van der Waals surface area contributed by atoms with Gasteiger partial charge in [0.1, 0.15) is 0 Å². The first kappa shape index (κ1) is 11.4. The molecule has 0 aromatic rings. The summed E-state index contributed by atoms with van der Waals surface area (Å²) in [6.45, 7) is 7.24. The molecule has 0 saturated carbocycles. The number of hydrogen-bond donors (Lipinski definition) is 1. The van der Waals surface area contributed by atoms with Crippen LogP contribution in [0.25, 0.3) is 0 Å². The molecule has 0 radical (unpaired) electrons. The smallest absolute Gasteiger partial charge is 0.227 e. The number of nitrogens with zero attached hydrogens (tertiary/aromatic N) is 1. The Labute approximate surface area is 74.4 Å². The van der Waals surface area contributed by atoms with E-state index < -0.39 is 0 Å². The minimum atomic E-state index is -0.204. The van der Waals surface area contributed by atoms with E-state index >= 15 is 0 Å². The van der Waals surface area contributed by atoms with E-state index in [-0.39, 0.29) is 18.4 Å². The van der Waals surface area contributed by atoms with Crippen LogP contribution in [-0.4, -0.2) is 35.6 Å². The van der Waals surface area contributed by atoms with Gasteiger partial charge in [0.25, 0.3) is 0 Å². The molecule has 0 rings (SSSR count). The zero-order chi connectivity index (χ0) is 9.56. The van der Waals surface area contributed by atoms with Crippen molar-refractivity contribution in [2.24, 2.45) is 5.92 Å². The molecule has 0 aliphatic rings. The maximum Gasteiger partial charge on any atom is 0.227 e. The Morgan fingerprint density at radius 2 is 1.83 bits per heavy atom. The normalized spacial score (nSPS) is 12.7. The van der Waals surface area contributed by atoms with Crippen LogP contribution in [0.1, 0.15) is 27.2 Å². The number of aliphatic hydroxyl groups is 1. The monoisotopic (exact) mass is 173 g/mol. The fourth-order valence-electron chi connectivity index (χ4n) is 1.18. The third-order valence-corrected chi connectivity index (χ3v) is 2.14. The Morgan fingerprint density at radius 3 is 2.08 bits per heavy atom. The van der Waals surface area contributed by atoms with E-state index in [1.54, 1.807) is 4.90 Å². The van der Waals surface area contributed by atoms with Gasteiger partial charge in [-0.1, -0.05) is 6.92 Å². The van der Waals surface area contributed by atoms with E-state index in [0.717, 1.165) is 13.1 Å². The van der Waals surface area contributed by atoms with E-state index in [0.29, 0.717) is 6.42 Å². The SMILES string of the molecule is CCC(CO)C(=O)N(CC)CC. The molecule has 1 amide bonds. The Balaban J connectivity index is 4.12. The lowest BCUT2D eigenvalue weighted by Gasteiger charge is -2.22. The maximum absolute atomic E-state index is 11.5. The second-order valence-corrected chi connectivity index (χ2v) is 2.80. The van der Waals surface area contributed by atoms with Gasteiger partial charge in [0.15, 0.2) is 0 Å². The number of amides is 1. The van der Waals surface area contributed by atoms with Crippen molar-refractivity contribution >= 4 is 5.91 Å². The lowest BCUT2D eigenvalue weighted by Crippen LogP contribution is -2.37. The lowest BCUT2D eigenvalue weighted by atomic mass is 10.1. The van der Waals surface area contributed by atoms with Crippen LogP contribution in [0, 0.1) is 5.92 Å². The number of hydrogen-bond acceptors (Lipinski definition) is 2. The summed E-state index contributed by atoms with van der Waals surface area (Å²) >= 11 is 0. The van der Waals surface area contributed by atoms with Gasteiger partial charge in [-0.05, 0) is 20.3 Å². The summed E-state index contributed by atoms with van der Waals surface area (Å²) in [7, 11) is 0. The molecule has 0 aromatic heterocycles. The Kier molecular flexibility index (Phi) is 5.72. The van der Waals surface area contributed by atoms with Gasteiger partial charge in [0, 0.05) is 13.1 Å². The highest BCUT2D eigenvalue weighted by Gasteiger charge is 2.19. The van der Waals surface area contributed by atoms with Crippen LogP contribution in [0.2, 0.25) is 0 Å². The van der Waals surface area contributed by atoms with E-state index in [2.05, 4.69) is 0 Å². The van der Waals surface area contributed by atoms with Gasteiger partial charge in [0.05, 0.1) is 12.5 Å². The van der Waals surface area contributed by atoms with E-state index in [1.165, 1.54) is 0 Å². The van der Waals surface area contributed by atoms with Crippen LogP contribution in [-0.2, 0) is 4.79 Å². The summed E-state index contributed by atoms with van der Waals surface area (Å²) in [6.07, 6.45) is 0.714. The molecule has 0 fully saturated rings. The number of carbonyl (C=O) groups excluding carboxylic acids is 1. The summed E-state index contributed by atoms with van der Waals surface area (Å²) in [5.74, 6) is -0.130. The lowest BCUT2D eigenvalue weighted by molar-refractivity contribution is -0.136. The molecule has 0 aliphatic heterocycles. The van der Waals surface area contributed by atoms with Crippen molar-refractivity contribution in [3.63, 3.8) is 0 Å². The van der Waals surface area contributed by atoms with E-state index in [1.807, 2.05) is 20.8 Å². The maximum atomic E-state index is 11.5. The minimum absolute atomic E-state index is 0.0359. The molecule has 3 nitrogen and oxygen atoms in total. The molecule has 0 aliphatic carbocycles. The van der Waals surface area contributed by atoms with Crippen LogP contribution < -0.4 is 0 Å². The van der Waals surface area contributed by atoms with Gasteiger partial charge >= 0.3 is 0 Å². The average molecular weight is 173 g/mol. The highest BCUT2D eigenvalue weighted by Crippen LogP contribution is 2.06. The van der Waals surface area contributed by atoms with E-state index in [9.17, 15) is 4.79 Å². The molecule has 1 unspecified atom stereocenters. The molecule has 0 spiro atoms. The summed E-state index contributed by atoms with van der Waals surface area (Å²) in [5, 5.41) is 8.89. The average Bonchev–Trinajstić information content (AvgIpc) is 2.09. The number of aliphatic hydroxyl groups excluding tert-OH is 1. The molecule has 0 aromatic carbocycles. The molecular formula is C9H19NO2. The first-order chi connectivity index (χ1) is 5.71. The molecular weight excluding hydrogens is 154 g/mol. The Bertz CT molecular complexity index is 114. The molecule has 0 saturated heterocycles. The van der Waals surface area contributed by atoms with Gasteiger partial charge < -0.3 is 10.0 Å². The zero-order valence-corrected chi connectivity index (χ0v) is 8.21. The summed E-state index contributed by atoms with van der Waals surface area (Å²) in [5.41, 5.74) is 0. The topological polar surface area (TPSA) is 40.5 Å². The van der Waals surface area contributed by atoms with Crippen LogP contribution in [0.5, 0.6) is 0 Å². The first-order valence-corrected chi connectivity index (χ1v) is 4.60. The predicted octanol–water partition coefficient (Wildman–Crippen LogP) is 0.873. The summed E-state index contributed by atoms with van der Waals surface area (Å²) < 4.78 is 0. The molecule has 0 heterocycles. The van der Waals surface area contributed by atoms with Crippen LogP contribution in [0.15, 0.2) is 0 Å². The zero-order valence-electron chi connectivity index (χ0n) is 8.21. The van der Waals surface area contributed by atoms with Gasteiger partial charge in [-0.25, -0.2) is 0 Å². The highest BCUT2D eigenvalue weighted by atomic mass is 16.3. The van der Waals surface area contributed by atoms with Crippen molar-refractivity contribution in [1.82, 2.24) is 4.90 Å². The van der Waals surface area contributed by atoms with Crippen molar-refractivity contribution in [3.8, 4) is 0 Å². The van der Waals surface area contributed by atoms with Crippen molar-refractivity contribution in [1.29, 1.82) is 0 Å². The van der Waals surface area contributed by atoms with Gasteiger partial charge in [-0.2, -0.15) is 0 Å². The second-order valence-electron chi connectivity index (χ2n) is 2.80. The standard InChI is InChI=1S/C9H19NO2/c1-4-8(7-11)9(12)10(5-2)6-3/h8,11H,4-7H2,1-3H3. The fraction of sp³-hybridized carbons (Fsp3) is 0.889. The largest absolute Gasteiger partial charge is 0.396 e. The molecule has 12 heavy (non-hydrogen) atoms. The van der Waals surface area contributed by atoms with Gasteiger partial charge in [-0.15, -0.1) is 0 Å². The number of carbonyl (C=O) groups is 1. The van der Waals surface area contributed by atoms with Gasteiger partial charge in [0.2, 0.25) is 5.91 Å². The predicted molar refractivity (Wildman–Crippen MR) is 48.8 cm³/mol. The Hall–Kier alpha value is -0.570. The minimum Gasteiger partial charge on any atom is -0.396 e. The second kappa shape index (κ2) is 6.00. The van der Waals surface area contributed by atoms with Crippen molar-refractivity contribution in [2.45, 2.75) is 27.2 Å². The molecule has 1 atom stereocenters. The fourth-order valence-corrected chi connectivity index (χ4v) is 1.18. The van der Waals surface area contributed by atoms with E-state index in [4.69, 9.17) is 5.11 Å². The Morgan fingerprint density at radius 1 is 1.33 bits per heavy atom. The molecule has 0 bridgehead atoms. The third kappa shape index (κ3) is 2.81.